The molecule has 1 N–H and O–H groups in total. The van der Waals surface area contributed by atoms with Crippen LogP contribution in [0, 0.1) is 0 Å². The van der Waals surface area contributed by atoms with E-state index in [0.717, 1.165) is 11.3 Å². The summed E-state index contributed by atoms with van der Waals surface area (Å²) in [5, 5.41) is 16.0. The standard InChI is InChI=1S/C17H16N6O2S/c1-25-15-10-6-5-7-13(15)11-18-19-16(24)12-26-17-20-21-22-23(17)14-8-3-2-4-9-14/h2-11H,12H2,1H3,(H,19,24). The molecule has 3 rings (SSSR count). The smallest absolute Gasteiger partial charge is 0.250 e. The van der Waals surface area contributed by atoms with Gasteiger partial charge in [0.25, 0.3) is 5.91 Å². The molecule has 0 saturated heterocycles. The Hall–Kier alpha value is -3.20. The lowest BCUT2D eigenvalue weighted by atomic mass is 10.2. The van der Waals surface area contributed by atoms with Crippen molar-refractivity contribution in [1.82, 2.24) is 25.6 Å². The molecule has 0 spiro atoms. The van der Waals surface area contributed by atoms with Gasteiger partial charge in [0.2, 0.25) is 5.16 Å². The maximum Gasteiger partial charge on any atom is 0.250 e. The second kappa shape index (κ2) is 8.77. The number of carbonyl (C=O) groups excluding carboxylic acids is 1. The normalized spacial score (nSPS) is 10.8. The summed E-state index contributed by atoms with van der Waals surface area (Å²) in [6, 6.07) is 16.9. The molecule has 0 atom stereocenters. The number of rotatable bonds is 7. The molecule has 0 aliphatic heterocycles. The summed E-state index contributed by atoms with van der Waals surface area (Å²) in [6.07, 6.45) is 1.54. The van der Waals surface area contributed by atoms with Crippen molar-refractivity contribution in [2.24, 2.45) is 5.10 Å². The highest BCUT2D eigenvalue weighted by atomic mass is 32.2. The summed E-state index contributed by atoms with van der Waals surface area (Å²) in [7, 11) is 1.58. The van der Waals surface area contributed by atoms with Crippen molar-refractivity contribution < 1.29 is 9.53 Å². The van der Waals surface area contributed by atoms with Crippen LogP contribution < -0.4 is 10.2 Å². The first-order valence-electron chi connectivity index (χ1n) is 7.69. The van der Waals surface area contributed by atoms with Gasteiger partial charge in [-0.25, -0.2) is 5.43 Å². The number of hydrazone groups is 1. The van der Waals surface area contributed by atoms with Crippen LogP contribution in [0.5, 0.6) is 5.75 Å². The van der Waals surface area contributed by atoms with E-state index in [0.29, 0.717) is 10.9 Å². The van der Waals surface area contributed by atoms with E-state index in [-0.39, 0.29) is 11.7 Å². The third-order valence-electron chi connectivity index (χ3n) is 3.31. The third kappa shape index (κ3) is 4.45. The van der Waals surface area contributed by atoms with E-state index in [1.807, 2.05) is 54.6 Å². The Morgan fingerprint density at radius 3 is 2.81 bits per heavy atom. The minimum atomic E-state index is -0.260. The summed E-state index contributed by atoms with van der Waals surface area (Å²) >= 11 is 1.23. The van der Waals surface area contributed by atoms with Crippen LogP contribution in [0.15, 0.2) is 64.9 Å². The van der Waals surface area contributed by atoms with E-state index in [2.05, 4.69) is 26.1 Å². The number of tetrazole rings is 1. The van der Waals surface area contributed by atoms with Gasteiger partial charge in [-0.15, -0.1) is 5.10 Å². The van der Waals surface area contributed by atoms with E-state index in [9.17, 15) is 4.79 Å². The molecular weight excluding hydrogens is 352 g/mol. The second-order valence-corrected chi connectivity index (χ2v) is 5.98. The van der Waals surface area contributed by atoms with Crippen molar-refractivity contribution in [2.45, 2.75) is 5.16 Å². The monoisotopic (exact) mass is 368 g/mol. The summed E-state index contributed by atoms with van der Waals surface area (Å²) in [5.74, 6) is 0.557. The number of hydrogen-bond acceptors (Lipinski definition) is 7. The van der Waals surface area contributed by atoms with Gasteiger partial charge >= 0.3 is 0 Å². The van der Waals surface area contributed by atoms with Gasteiger partial charge in [-0.05, 0) is 34.7 Å². The highest BCUT2D eigenvalue weighted by Gasteiger charge is 2.11. The van der Waals surface area contributed by atoms with E-state index >= 15 is 0 Å². The van der Waals surface area contributed by atoms with Crippen LogP contribution in [-0.2, 0) is 4.79 Å². The fraction of sp³-hybridized carbons (Fsp3) is 0.118. The zero-order valence-electron chi connectivity index (χ0n) is 13.9. The first-order chi connectivity index (χ1) is 12.8. The van der Waals surface area contributed by atoms with Gasteiger partial charge < -0.3 is 4.74 Å². The summed E-state index contributed by atoms with van der Waals surface area (Å²) in [5.41, 5.74) is 4.08. The average Bonchev–Trinajstić information content (AvgIpc) is 3.16. The summed E-state index contributed by atoms with van der Waals surface area (Å²) < 4.78 is 6.80. The van der Waals surface area contributed by atoms with Gasteiger partial charge in [0.15, 0.2) is 0 Å². The van der Waals surface area contributed by atoms with Crippen molar-refractivity contribution in [3.05, 3.63) is 60.2 Å². The van der Waals surface area contributed by atoms with Crippen LogP contribution in [0.3, 0.4) is 0 Å². The molecule has 0 aliphatic rings. The Balaban J connectivity index is 1.55. The van der Waals surface area contributed by atoms with Gasteiger partial charge in [0, 0.05) is 5.56 Å². The molecule has 0 radical (unpaired) electrons. The quantitative estimate of drug-likeness (QED) is 0.389. The molecule has 2 aromatic carbocycles. The first kappa shape index (κ1) is 17.6. The predicted octanol–water partition coefficient (Wildman–Crippen LogP) is 1.91. The van der Waals surface area contributed by atoms with Crippen LogP contribution >= 0.6 is 11.8 Å². The minimum Gasteiger partial charge on any atom is -0.496 e. The van der Waals surface area contributed by atoms with E-state index in [4.69, 9.17) is 4.74 Å². The van der Waals surface area contributed by atoms with Crippen molar-refractivity contribution >= 4 is 23.9 Å². The van der Waals surface area contributed by atoms with Crippen molar-refractivity contribution in [2.75, 3.05) is 12.9 Å². The first-order valence-corrected chi connectivity index (χ1v) is 8.68. The molecule has 1 amide bonds. The average molecular weight is 368 g/mol. The Kier molecular flexibility index (Phi) is 5.94. The van der Waals surface area contributed by atoms with Gasteiger partial charge in [-0.1, -0.05) is 42.1 Å². The van der Waals surface area contributed by atoms with Crippen molar-refractivity contribution in [1.29, 1.82) is 0 Å². The SMILES string of the molecule is COc1ccccc1C=NNC(=O)CSc1nnnn1-c1ccccc1. The number of amides is 1. The molecule has 0 saturated carbocycles. The van der Waals surface area contributed by atoms with Gasteiger partial charge in [-0.3, -0.25) is 4.79 Å². The molecule has 0 unspecified atom stereocenters. The largest absolute Gasteiger partial charge is 0.496 e. The molecule has 26 heavy (non-hydrogen) atoms. The van der Waals surface area contributed by atoms with Crippen LogP contribution in [0.4, 0.5) is 0 Å². The van der Waals surface area contributed by atoms with Gasteiger partial charge in [-0.2, -0.15) is 9.78 Å². The van der Waals surface area contributed by atoms with Gasteiger partial charge in [0.05, 0.1) is 24.8 Å². The number of aromatic nitrogens is 4. The molecule has 0 fully saturated rings. The highest BCUT2D eigenvalue weighted by Crippen LogP contribution is 2.17. The number of nitrogens with zero attached hydrogens (tertiary/aromatic N) is 5. The molecule has 9 heteroatoms. The number of methoxy groups -OCH3 is 1. The Morgan fingerprint density at radius 1 is 1.23 bits per heavy atom. The zero-order valence-corrected chi connectivity index (χ0v) is 14.8. The molecule has 3 aromatic rings. The third-order valence-corrected chi connectivity index (χ3v) is 4.23. The fourth-order valence-corrected chi connectivity index (χ4v) is 2.79. The van der Waals surface area contributed by atoms with E-state index < -0.39 is 0 Å². The number of ether oxygens (including phenoxy) is 1. The van der Waals surface area contributed by atoms with Crippen LogP contribution in [0.2, 0.25) is 0 Å². The lowest BCUT2D eigenvalue weighted by molar-refractivity contribution is -0.118. The summed E-state index contributed by atoms with van der Waals surface area (Å²) in [6.45, 7) is 0. The van der Waals surface area contributed by atoms with Crippen LogP contribution in [0.1, 0.15) is 5.56 Å². The molecule has 0 aliphatic carbocycles. The van der Waals surface area contributed by atoms with Crippen LogP contribution in [-0.4, -0.2) is 45.2 Å². The number of nitrogens with one attached hydrogen (secondary N) is 1. The number of thioether (sulfide) groups is 1. The highest BCUT2D eigenvalue weighted by molar-refractivity contribution is 7.99. The van der Waals surface area contributed by atoms with E-state index in [1.165, 1.54) is 18.0 Å². The predicted molar refractivity (Wildman–Crippen MR) is 98.6 cm³/mol. The number of hydrogen-bond donors (Lipinski definition) is 1. The number of para-hydroxylation sites is 2. The Morgan fingerprint density at radius 2 is 2.00 bits per heavy atom. The van der Waals surface area contributed by atoms with Crippen molar-refractivity contribution in [3.63, 3.8) is 0 Å². The molecule has 1 heterocycles. The summed E-state index contributed by atoms with van der Waals surface area (Å²) in [4.78, 5) is 12.0. The lowest BCUT2D eigenvalue weighted by Gasteiger charge is -2.04. The van der Waals surface area contributed by atoms with Crippen LogP contribution in [0.25, 0.3) is 5.69 Å². The molecule has 8 nitrogen and oxygen atoms in total. The fourth-order valence-electron chi connectivity index (χ4n) is 2.11. The Bertz CT molecular complexity index is 897. The second-order valence-electron chi connectivity index (χ2n) is 5.03. The van der Waals surface area contributed by atoms with Crippen molar-refractivity contribution in [3.8, 4) is 11.4 Å². The maximum atomic E-state index is 12.0. The van der Waals surface area contributed by atoms with E-state index in [1.54, 1.807) is 11.8 Å². The zero-order chi connectivity index (χ0) is 18.2. The molecular formula is C17H16N6O2S. The minimum absolute atomic E-state index is 0.135. The molecule has 1 aromatic heterocycles. The Labute approximate surface area is 154 Å². The van der Waals surface area contributed by atoms with Gasteiger partial charge in [0.1, 0.15) is 5.75 Å². The maximum absolute atomic E-state index is 12.0. The number of carbonyl (C=O) groups is 1. The number of benzene rings is 2. The topological polar surface area (TPSA) is 94.3 Å². The lowest BCUT2D eigenvalue weighted by Crippen LogP contribution is -2.20. The molecule has 132 valence electrons. The molecule has 0 bridgehead atoms.